The first-order chi connectivity index (χ1) is 26.2. The van der Waals surface area contributed by atoms with E-state index in [0.29, 0.717) is 17.5 Å². The zero-order valence-electron chi connectivity index (χ0n) is 28.4. The molecule has 5 heteroatoms. The predicted octanol–water partition coefficient (Wildman–Crippen LogP) is 12.6. The summed E-state index contributed by atoms with van der Waals surface area (Å²) < 4.78 is 1.32. The first-order valence-electron chi connectivity index (χ1n) is 17.8. The van der Waals surface area contributed by atoms with E-state index in [1.165, 1.54) is 58.8 Å². The molecule has 1 atom stereocenters. The topological polar surface area (TPSA) is 38.7 Å². The van der Waals surface area contributed by atoms with Crippen LogP contribution in [0, 0.1) is 0 Å². The lowest BCUT2D eigenvalue weighted by Gasteiger charge is -2.40. The second kappa shape index (κ2) is 12.0. The Balaban J connectivity index is 1.06. The molecule has 1 aliphatic heterocycles. The molecule has 0 radical (unpaired) electrons. The van der Waals surface area contributed by atoms with Crippen LogP contribution in [0.25, 0.3) is 66.5 Å². The van der Waals surface area contributed by atoms with E-state index in [4.69, 9.17) is 15.0 Å². The molecule has 2 aliphatic rings. The highest BCUT2D eigenvalue weighted by Gasteiger charge is 2.50. The Hall–Kier alpha value is -6.14. The third kappa shape index (κ3) is 4.71. The minimum Gasteiger partial charge on any atom is -0.208 e. The summed E-state index contributed by atoms with van der Waals surface area (Å²) in [4.78, 5) is 17.4. The Morgan fingerprint density at radius 2 is 0.943 bits per heavy atom. The summed E-state index contributed by atoms with van der Waals surface area (Å²) in [6.07, 6.45) is 0. The Morgan fingerprint density at radius 1 is 0.377 bits per heavy atom. The highest BCUT2D eigenvalue weighted by molar-refractivity contribution is 7.99. The molecule has 11 rings (SSSR count). The molecule has 0 N–H and O–H groups in total. The molecule has 7 aromatic carbocycles. The molecule has 2 aromatic heterocycles. The molecule has 1 unspecified atom stereocenters. The van der Waals surface area contributed by atoms with Crippen LogP contribution in [-0.4, -0.2) is 15.0 Å². The average Bonchev–Trinajstić information content (AvgIpc) is 3.81. The molecule has 0 fully saturated rings. The minimum atomic E-state index is -0.427. The van der Waals surface area contributed by atoms with Crippen LogP contribution in [0.1, 0.15) is 22.3 Å². The van der Waals surface area contributed by atoms with Gasteiger partial charge in [0, 0.05) is 31.2 Å². The summed E-state index contributed by atoms with van der Waals surface area (Å²) >= 11 is 3.70. The summed E-state index contributed by atoms with van der Waals surface area (Å²) in [5.41, 5.74) is 12.8. The lowest BCUT2D eigenvalue weighted by Crippen LogP contribution is -2.32. The van der Waals surface area contributed by atoms with Crippen LogP contribution in [0.15, 0.2) is 185 Å². The molecule has 0 amide bonds. The highest BCUT2D eigenvalue weighted by atomic mass is 32.2. The smallest absolute Gasteiger partial charge is 0.164 e. The summed E-state index contributed by atoms with van der Waals surface area (Å²) in [5, 5.41) is 3.51. The van der Waals surface area contributed by atoms with Gasteiger partial charge in [-0.15, -0.1) is 11.3 Å². The van der Waals surface area contributed by atoms with Crippen LogP contribution in [0.2, 0.25) is 0 Å². The standard InChI is InChI=1S/C48H29N3S2/c1-3-11-31(12-4-1)45-49-46(32-13-5-2-6-14-32)51-47(50-45)33-21-19-30(20-22-33)34-23-24-43-41(28-34)48(39-17-9-10-18-42(39)53-43)38-16-8-7-15-36(38)37-27-35-25-26-52-44(35)29-40(37)48/h1-29H. The maximum Gasteiger partial charge on any atom is 0.164 e. The number of aromatic nitrogens is 3. The average molecular weight is 712 g/mol. The molecule has 3 heterocycles. The van der Waals surface area contributed by atoms with Crippen molar-refractivity contribution in [2.45, 2.75) is 15.2 Å². The number of benzene rings is 7. The molecule has 1 spiro atoms. The zero-order chi connectivity index (χ0) is 34.9. The van der Waals surface area contributed by atoms with Gasteiger partial charge in [0.1, 0.15) is 0 Å². The van der Waals surface area contributed by atoms with Crippen LogP contribution in [0.4, 0.5) is 0 Å². The van der Waals surface area contributed by atoms with Crippen molar-refractivity contribution in [2.24, 2.45) is 0 Å². The lowest BCUT2D eigenvalue weighted by atomic mass is 9.67. The summed E-state index contributed by atoms with van der Waals surface area (Å²) in [6, 6.07) is 61.2. The summed E-state index contributed by atoms with van der Waals surface area (Å²) in [5.74, 6) is 1.97. The Kier molecular flexibility index (Phi) is 6.88. The summed E-state index contributed by atoms with van der Waals surface area (Å²) in [7, 11) is 0. The van der Waals surface area contributed by atoms with Crippen molar-refractivity contribution >= 4 is 33.2 Å². The van der Waals surface area contributed by atoms with E-state index in [2.05, 4.69) is 115 Å². The largest absolute Gasteiger partial charge is 0.208 e. The highest BCUT2D eigenvalue weighted by Crippen LogP contribution is 2.63. The van der Waals surface area contributed by atoms with Gasteiger partial charge in [0.2, 0.25) is 0 Å². The summed E-state index contributed by atoms with van der Waals surface area (Å²) in [6.45, 7) is 0. The number of hydrogen-bond acceptors (Lipinski definition) is 5. The van der Waals surface area contributed by atoms with Crippen LogP contribution in [0.3, 0.4) is 0 Å². The van der Waals surface area contributed by atoms with Gasteiger partial charge in [-0.05, 0) is 91.7 Å². The van der Waals surface area contributed by atoms with Crippen LogP contribution < -0.4 is 0 Å². The van der Waals surface area contributed by atoms with E-state index in [0.717, 1.165) is 22.3 Å². The van der Waals surface area contributed by atoms with E-state index >= 15 is 0 Å². The Labute approximate surface area is 315 Å². The number of nitrogens with zero attached hydrogens (tertiary/aromatic N) is 3. The molecule has 0 bridgehead atoms. The van der Waals surface area contributed by atoms with Crippen molar-refractivity contribution in [3.8, 4) is 56.4 Å². The van der Waals surface area contributed by atoms with Crippen LogP contribution >= 0.6 is 23.1 Å². The predicted molar refractivity (Wildman–Crippen MR) is 218 cm³/mol. The van der Waals surface area contributed by atoms with Crippen molar-refractivity contribution in [2.75, 3.05) is 0 Å². The normalized spacial score (nSPS) is 15.2. The first kappa shape index (κ1) is 30.5. The number of thiophene rings is 1. The number of rotatable bonds is 4. The van der Waals surface area contributed by atoms with Crippen LogP contribution in [0.5, 0.6) is 0 Å². The van der Waals surface area contributed by atoms with Gasteiger partial charge in [0.25, 0.3) is 0 Å². The maximum atomic E-state index is 4.97. The molecule has 53 heavy (non-hydrogen) atoms. The molecule has 3 nitrogen and oxygen atoms in total. The van der Waals surface area contributed by atoms with Gasteiger partial charge in [-0.3, -0.25) is 0 Å². The fourth-order valence-corrected chi connectivity index (χ4v) is 10.3. The molecular weight excluding hydrogens is 683 g/mol. The van der Waals surface area contributed by atoms with E-state index in [1.807, 2.05) is 83.8 Å². The molecular formula is C48H29N3S2. The zero-order valence-corrected chi connectivity index (χ0v) is 30.0. The second-order valence-electron chi connectivity index (χ2n) is 13.6. The SMILES string of the molecule is c1ccc(-c2nc(-c3ccccc3)nc(-c3ccc(-c4ccc5c(c4)C4(c6ccccc6S5)c5ccccc5-c5cc6ccsc6cc54)cc3)n2)cc1. The fourth-order valence-electron chi connectivity index (χ4n) is 8.28. The molecule has 0 saturated heterocycles. The fraction of sp³-hybridized carbons (Fsp3) is 0.0208. The number of fused-ring (bicyclic) bond motifs is 10. The molecule has 1 aliphatic carbocycles. The third-order valence-corrected chi connectivity index (χ3v) is 12.7. The van der Waals surface area contributed by atoms with Gasteiger partial charge in [-0.1, -0.05) is 145 Å². The molecule has 0 saturated carbocycles. The maximum absolute atomic E-state index is 4.97. The first-order valence-corrected chi connectivity index (χ1v) is 19.4. The van der Waals surface area contributed by atoms with E-state index < -0.39 is 5.41 Å². The monoisotopic (exact) mass is 711 g/mol. The van der Waals surface area contributed by atoms with Crippen molar-refractivity contribution in [3.63, 3.8) is 0 Å². The van der Waals surface area contributed by atoms with E-state index in [1.54, 1.807) is 0 Å². The van der Waals surface area contributed by atoms with E-state index in [-0.39, 0.29) is 0 Å². The van der Waals surface area contributed by atoms with Gasteiger partial charge in [0.05, 0.1) is 5.41 Å². The third-order valence-electron chi connectivity index (χ3n) is 10.7. The Bertz CT molecular complexity index is 2810. The second-order valence-corrected chi connectivity index (χ2v) is 15.6. The van der Waals surface area contributed by atoms with Crippen molar-refractivity contribution in [3.05, 3.63) is 197 Å². The lowest BCUT2D eigenvalue weighted by molar-refractivity contribution is 0.724. The van der Waals surface area contributed by atoms with Gasteiger partial charge in [0.15, 0.2) is 17.5 Å². The van der Waals surface area contributed by atoms with E-state index in [9.17, 15) is 0 Å². The quantitative estimate of drug-likeness (QED) is 0.182. The van der Waals surface area contributed by atoms with Gasteiger partial charge < -0.3 is 0 Å². The number of hydrogen-bond donors (Lipinski definition) is 0. The van der Waals surface area contributed by atoms with Gasteiger partial charge in [-0.25, -0.2) is 15.0 Å². The van der Waals surface area contributed by atoms with Crippen molar-refractivity contribution in [1.82, 2.24) is 15.0 Å². The molecule has 9 aromatic rings. The Morgan fingerprint density at radius 3 is 1.66 bits per heavy atom. The molecule has 248 valence electrons. The van der Waals surface area contributed by atoms with Gasteiger partial charge >= 0.3 is 0 Å². The van der Waals surface area contributed by atoms with Crippen molar-refractivity contribution in [1.29, 1.82) is 0 Å². The van der Waals surface area contributed by atoms with Crippen molar-refractivity contribution < 1.29 is 0 Å². The van der Waals surface area contributed by atoms with Crippen LogP contribution in [-0.2, 0) is 5.41 Å². The van der Waals surface area contributed by atoms with Gasteiger partial charge in [-0.2, -0.15) is 0 Å². The minimum absolute atomic E-state index is 0.427.